The van der Waals surface area contributed by atoms with Crippen molar-refractivity contribution in [3.8, 4) is 5.75 Å². The smallest absolute Gasteiger partial charge is 0.265 e. The average molecular weight is 317 g/mol. The molecule has 22 heavy (non-hydrogen) atoms. The molecule has 2 aromatic carbocycles. The number of benzene rings is 2. The zero-order valence-corrected chi connectivity index (χ0v) is 12.8. The van der Waals surface area contributed by atoms with Crippen LogP contribution in [-0.2, 0) is 21.1 Å². The first-order chi connectivity index (χ1) is 10.4. The Hall–Kier alpha value is -2.34. The van der Waals surface area contributed by atoms with E-state index in [2.05, 4.69) is 5.32 Å². The average Bonchev–Trinajstić information content (AvgIpc) is 2.91. The van der Waals surface area contributed by atoms with E-state index in [1.54, 1.807) is 12.1 Å². The molecule has 0 spiro atoms. The molecule has 0 radical (unpaired) electrons. The van der Waals surface area contributed by atoms with Crippen LogP contribution in [0.15, 0.2) is 53.4 Å². The summed E-state index contributed by atoms with van der Waals surface area (Å²) in [6.07, 6.45) is 1.11. The van der Waals surface area contributed by atoms with Crippen LogP contribution in [0, 0.1) is 0 Å². The van der Waals surface area contributed by atoms with Crippen molar-refractivity contribution in [1.82, 2.24) is 0 Å². The molecule has 0 aromatic heterocycles. The van der Waals surface area contributed by atoms with Gasteiger partial charge in [0.2, 0.25) is 0 Å². The summed E-state index contributed by atoms with van der Waals surface area (Å²) in [5.41, 5.74) is 1.55. The van der Waals surface area contributed by atoms with E-state index in [1.807, 2.05) is 24.3 Å². The molecule has 1 aliphatic rings. The van der Waals surface area contributed by atoms with Crippen molar-refractivity contribution in [2.24, 2.45) is 0 Å². The fraction of sp³-hybridized carbons (Fsp3) is 0.188. The molecule has 1 aliphatic heterocycles. The molecular weight excluding hydrogens is 302 g/mol. The van der Waals surface area contributed by atoms with E-state index in [9.17, 15) is 13.2 Å². The minimum Gasteiger partial charge on any atom is -0.480 e. The van der Waals surface area contributed by atoms with E-state index in [-0.39, 0.29) is 10.8 Å². The van der Waals surface area contributed by atoms with Crippen LogP contribution in [0.1, 0.15) is 5.56 Å². The fourth-order valence-corrected chi connectivity index (χ4v) is 2.97. The van der Waals surface area contributed by atoms with Gasteiger partial charge < -0.3 is 10.1 Å². The molecule has 0 unspecified atom stereocenters. The van der Waals surface area contributed by atoms with Gasteiger partial charge in [-0.15, -0.1) is 0 Å². The zero-order chi connectivity index (χ0) is 15.7. The summed E-state index contributed by atoms with van der Waals surface area (Å²) >= 11 is 0. The summed E-state index contributed by atoms with van der Waals surface area (Å²) in [6.45, 7) is 0. The van der Waals surface area contributed by atoms with Crippen LogP contribution in [0.4, 0.5) is 5.69 Å². The van der Waals surface area contributed by atoms with Crippen molar-refractivity contribution in [2.45, 2.75) is 17.4 Å². The summed E-state index contributed by atoms with van der Waals surface area (Å²) in [4.78, 5) is 12.4. The molecule has 2 aromatic rings. The van der Waals surface area contributed by atoms with Gasteiger partial charge >= 0.3 is 0 Å². The number of hydrogen-bond donors (Lipinski definition) is 1. The first-order valence-electron chi connectivity index (χ1n) is 6.79. The Balaban J connectivity index is 1.68. The molecule has 5 nitrogen and oxygen atoms in total. The van der Waals surface area contributed by atoms with E-state index in [1.165, 1.54) is 12.1 Å². The Morgan fingerprint density at radius 2 is 1.82 bits per heavy atom. The molecule has 0 aliphatic carbocycles. The SMILES string of the molecule is CS(=O)(=O)c1ccc(NC(=O)[C@H]2Cc3ccccc3O2)cc1. The van der Waals surface area contributed by atoms with Crippen molar-refractivity contribution >= 4 is 21.4 Å². The topological polar surface area (TPSA) is 72.5 Å². The summed E-state index contributed by atoms with van der Waals surface area (Å²) in [7, 11) is -3.24. The van der Waals surface area contributed by atoms with E-state index >= 15 is 0 Å². The second-order valence-corrected chi connectivity index (χ2v) is 7.22. The maximum Gasteiger partial charge on any atom is 0.265 e. The maximum atomic E-state index is 12.2. The Bertz CT molecular complexity index is 787. The normalized spacial score (nSPS) is 16.7. The van der Waals surface area contributed by atoms with Crippen LogP contribution >= 0.6 is 0 Å². The summed E-state index contributed by atoms with van der Waals surface area (Å²) in [5.74, 6) is 0.485. The number of amides is 1. The van der Waals surface area contributed by atoms with E-state index < -0.39 is 15.9 Å². The molecule has 3 rings (SSSR count). The molecule has 0 saturated heterocycles. The lowest BCUT2D eigenvalue weighted by atomic mass is 10.1. The molecule has 1 amide bonds. The summed E-state index contributed by atoms with van der Waals surface area (Å²) in [6, 6.07) is 13.6. The Labute approximate surface area is 128 Å². The van der Waals surface area contributed by atoms with E-state index in [4.69, 9.17) is 4.74 Å². The number of fused-ring (bicyclic) bond motifs is 1. The lowest BCUT2D eigenvalue weighted by molar-refractivity contribution is -0.122. The van der Waals surface area contributed by atoms with Crippen molar-refractivity contribution in [3.05, 3.63) is 54.1 Å². The molecular formula is C16H15NO4S. The highest BCUT2D eigenvalue weighted by Crippen LogP contribution is 2.28. The Morgan fingerprint density at radius 3 is 2.45 bits per heavy atom. The molecule has 1 N–H and O–H groups in total. The standard InChI is InChI=1S/C16H15NO4S/c1-22(19,20)13-8-6-12(7-9-13)17-16(18)15-10-11-4-2-3-5-14(11)21-15/h2-9,15H,10H2,1H3,(H,17,18)/t15-/m1/s1. The highest BCUT2D eigenvalue weighted by atomic mass is 32.2. The minimum absolute atomic E-state index is 0.218. The molecule has 114 valence electrons. The van der Waals surface area contributed by atoms with Gasteiger partial charge in [0, 0.05) is 18.4 Å². The summed E-state index contributed by atoms with van der Waals surface area (Å²) < 4.78 is 28.4. The van der Waals surface area contributed by atoms with Crippen molar-refractivity contribution < 1.29 is 17.9 Å². The third-order valence-corrected chi connectivity index (χ3v) is 4.62. The number of carbonyl (C=O) groups is 1. The van der Waals surface area contributed by atoms with Gasteiger partial charge in [-0.3, -0.25) is 4.79 Å². The number of carbonyl (C=O) groups excluding carboxylic acids is 1. The molecule has 0 saturated carbocycles. The van der Waals surface area contributed by atoms with Gasteiger partial charge in [0.25, 0.3) is 5.91 Å². The quantitative estimate of drug-likeness (QED) is 0.940. The second-order valence-electron chi connectivity index (χ2n) is 5.20. The van der Waals surface area contributed by atoms with Crippen molar-refractivity contribution in [1.29, 1.82) is 0 Å². The Morgan fingerprint density at radius 1 is 1.14 bits per heavy atom. The lowest BCUT2D eigenvalue weighted by Crippen LogP contribution is -2.31. The highest BCUT2D eigenvalue weighted by molar-refractivity contribution is 7.90. The lowest BCUT2D eigenvalue weighted by Gasteiger charge is -2.11. The van der Waals surface area contributed by atoms with Gasteiger partial charge in [0.1, 0.15) is 5.75 Å². The second kappa shape index (κ2) is 5.46. The predicted octanol–water partition coefficient (Wildman–Crippen LogP) is 2.03. The number of para-hydroxylation sites is 1. The van der Waals surface area contributed by atoms with Crippen LogP contribution in [0.2, 0.25) is 0 Å². The van der Waals surface area contributed by atoms with E-state index in [0.29, 0.717) is 12.1 Å². The van der Waals surface area contributed by atoms with Gasteiger partial charge in [0.15, 0.2) is 15.9 Å². The van der Waals surface area contributed by atoms with Gasteiger partial charge in [-0.25, -0.2) is 8.42 Å². The largest absolute Gasteiger partial charge is 0.480 e. The minimum atomic E-state index is -3.24. The van der Waals surface area contributed by atoms with Crippen LogP contribution < -0.4 is 10.1 Å². The van der Waals surface area contributed by atoms with Gasteiger partial charge in [-0.2, -0.15) is 0 Å². The first kappa shape index (κ1) is 14.6. The maximum absolute atomic E-state index is 12.2. The third-order valence-electron chi connectivity index (χ3n) is 3.49. The molecule has 0 bridgehead atoms. The Kier molecular flexibility index (Phi) is 3.62. The number of hydrogen-bond acceptors (Lipinski definition) is 4. The van der Waals surface area contributed by atoms with Crippen LogP contribution in [-0.4, -0.2) is 26.7 Å². The fourth-order valence-electron chi connectivity index (χ4n) is 2.34. The first-order valence-corrected chi connectivity index (χ1v) is 8.68. The monoisotopic (exact) mass is 317 g/mol. The highest BCUT2D eigenvalue weighted by Gasteiger charge is 2.28. The van der Waals surface area contributed by atoms with E-state index in [0.717, 1.165) is 17.6 Å². The number of rotatable bonds is 3. The predicted molar refractivity (Wildman–Crippen MR) is 82.7 cm³/mol. The summed E-state index contributed by atoms with van der Waals surface area (Å²) in [5, 5.41) is 2.74. The molecule has 1 atom stereocenters. The number of ether oxygens (including phenoxy) is 1. The van der Waals surface area contributed by atoms with Crippen molar-refractivity contribution in [3.63, 3.8) is 0 Å². The van der Waals surface area contributed by atoms with Crippen molar-refractivity contribution in [2.75, 3.05) is 11.6 Å². The van der Waals surface area contributed by atoms with Crippen LogP contribution in [0.25, 0.3) is 0 Å². The number of nitrogens with one attached hydrogen (secondary N) is 1. The molecule has 0 fully saturated rings. The third kappa shape index (κ3) is 2.96. The molecule has 1 heterocycles. The van der Waals surface area contributed by atoms with Gasteiger partial charge in [-0.05, 0) is 35.9 Å². The van der Waals surface area contributed by atoms with Gasteiger partial charge in [0.05, 0.1) is 4.90 Å². The van der Waals surface area contributed by atoms with Crippen LogP contribution in [0.5, 0.6) is 5.75 Å². The zero-order valence-electron chi connectivity index (χ0n) is 11.9. The number of sulfone groups is 1. The molecule has 6 heteroatoms. The van der Waals surface area contributed by atoms with Gasteiger partial charge in [-0.1, -0.05) is 18.2 Å². The number of anilines is 1. The van der Waals surface area contributed by atoms with Crippen LogP contribution in [0.3, 0.4) is 0 Å².